The first kappa shape index (κ1) is 103. The van der Waals surface area contributed by atoms with Gasteiger partial charge in [-0.1, -0.05) is 0 Å². The molecule has 0 saturated carbocycles. The summed E-state index contributed by atoms with van der Waals surface area (Å²) in [7, 11) is 135. The Bertz CT molecular complexity index is 1190. The Morgan fingerprint density at radius 3 is 0.250 bits per heavy atom. The Morgan fingerprint density at radius 1 is 0.0833 bits per heavy atom. The van der Waals surface area contributed by atoms with Crippen molar-refractivity contribution < 1.29 is 0 Å². The number of hydrogen-bond donors (Lipinski definition) is 0. The summed E-state index contributed by atoms with van der Waals surface area (Å²) in [6.07, 6.45) is 0. The summed E-state index contributed by atoms with van der Waals surface area (Å²) in [6.45, 7) is -10.6. The predicted molar refractivity (Wildman–Crippen MR) is 601 cm³/mol. The third-order valence-electron chi connectivity index (χ3n) is 6.33. The van der Waals surface area contributed by atoms with Crippen LogP contribution in [-0.2, 0) is 0 Å². The van der Waals surface area contributed by atoms with E-state index in [9.17, 15) is 0 Å². The van der Waals surface area contributed by atoms with Crippen LogP contribution >= 0.6 is 575 Å². The highest BCUT2D eigenvalue weighted by molar-refractivity contribution is 9.56. The highest BCUT2D eigenvalue weighted by atomic mass is 33.6. The molecule has 0 aromatic carbocycles. The van der Waals surface area contributed by atoms with Gasteiger partial charge in [0.05, 0.1) is 0 Å². The van der Waals surface area contributed by atoms with Crippen LogP contribution in [-0.4, -0.2) is 0 Å². The summed E-state index contributed by atoms with van der Waals surface area (Å²) < 4.78 is 0. The lowest BCUT2D eigenvalue weighted by atomic mass is 28.4. The molecule has 72 heteroatoms. The molecule has 0 fully saturated rings. The fourth-order valence-corrected chi connectivity index (χ4v) is 1050. The largest absolute Gasteiger partial charge is 0.102 e. The van der Waals surface area contributed by atoms with Crippen molar-refractivity contribution in [3.8, 4) is 0 Å². The first-order valence-corrected chi connectivity index (χ1v) is 147. The van der Waals surface area contributed by atoms with E-state index in [1.807, 2.05) is 0 Å². The summed E-state index contributed by atoms with van der Waals surface area (Å²) in [5.41, 5.74) is 0. The van der Waals surface area contributed by atoms with E-state index in [4.69, 9.17) is 0 Å². The molecule has 0 bridgehead atoms. The van der Waals surface area contributed by atoms with Gasteiger partial charge in [-0.05, 0) is 245 Å². The Kier molecular flexibility index (Phi) is 80.4. The van der Waals surface area contributed by atoms with Crippen molar-refractivity contribution in [1.29, 1.82) is 0 Å². The molecule has 0 aromatic heterocycles. The standard InChI is InChI=1S/H74P72/c1-38(2)56(37)65(55(35)36)70(66(57(39(3)4)40(5)6)58(41(7)8)42(9)10)72(69(63(51(27)28)52(29)30)64(53(31)32)54(33)34)71(67(59(43(11)12)44(13)14)60(45(15)16)46(17)18)68(61(47(19)20)48(21)22)62(49(23)24)50(25)26/h1-37H2. The maximum atomic E-state index is 3.81. The first-order valence-electron chi connectivity index (χ1n) is 16.4. The Labute approximate surface area is 566 Å². The number of hydrogen-bond acceptors (Lipinski definition) is 0. The van der Waals surface area contributed by atoms with Crippen LogP contribution < -0.4 is 0 Å². The molecule has 0 N–H and O–H groups in total. The molecular formula is H74P72. The summed E-state index contributed by atoms with van der Waals surface area (Å²) in [4.78, 5) is 0. The van der Waals surface area contributed by atoms with Crippen LogP contribution in [0.25, 0.3) is 0 Å². The highest BCUT2D eigenvalue weighted by Gasteiger charge is 2.63. The average Bonchev–Trinajstić information content (AvgIpc) is 3.15. The monoisotopic (exact) mass is 2300 g/mol. The third kappa shape index (κ3) is 36.2. The van der Waals surface area contributed by atoms with E-state index in [0.717, 1.165) is 0 Å². The van der Waals surface area contributed by atoms with E-state index in [2.05, 4.69) is 330 Å². The lowest BCUT2D eigenvalue weighted by Gasteiger charge is -2.61. The van der Waals surface area contributed by atoms with E-state index in [0.29, 0.717) is 0 Å². The smallest absolute Gasteiger partial charge is 0.00000745 e. The molecule has 0 aliphatic rings. The highest BCUT2D eigenvalue weighted by Crippen LogP contribution is 3.50. The van der Waals surface area contributed by atoms with E-state index in [1.54, 1.807) is 0 Å². The van der Waals surface area contributed by atoms with Crippen LogP contribution in [0.3, 0.4) is 0 Å². The van der Waals surface area contributed by atoms with Crippen LogP contribution in [0.1, 0.15) is 0 Å². The molecule has 0 spiro atoms. The zero-order chi connectivity index (χ0) is 57.2. The molecule has 0 heterocycles. The molecule has 0 radical (unpaired) electrons. The van der Waals surface area contributed by atoms with Crippen LogP contribution in [0.4, 0.5) is 0 Å². The molecule has 41 atom stereocenters. The van der Waals surface area contributed by atoms with Crippen molar-refractivity contribution in [2.75, 3.05) is 0 Å². The fourth-order valence-electron chi connectivity index (χ4n) is 4.31. The summed E-state index contributed by atoms with van der Waals surface area (Å²) in [6, 6.07) is 0. The maximum absolute atomic E-state index is 3.81. The minimum Gasteiger partial charge on any atom is -0.102 e. The zero-order valence-electron chi connectivity index (χ0n) is 37.0. The lowest BCUT2D eigenvalue weighted by molar-refractivity contribution is 4.32. The topological polar surface area (TPSA) is 0 Å². The Balaban J connectivity index is 11.9. The van der Waals surface area contributed by atoms with Crippen molar-refractivity contribution in [2.24, 2.45) is 0 Å². The van der Waals surface area contributed by atoms with Crippen molar-refractivity contribution in [2.45, 2.75) is 0 Å². The molecule has 0 aromatic rings. The normalized spacial score (nSPS) is 16.2. The second kappa shape index (κ2) is 56.2. The van der Waals surface area contributed by atoms with Gasteiger partial charge in [-0.25, -0.2) is 0 Å². The molecule has 0 rings (SSSR count). The van der Waals surface area contributed by atoms with Gasteiger partial charge in [0.25, 0.3) is 0 Å². The molecule has 0 nitrogen and oxygen atoms in total. The fraction of sp³-hybridized carbons (Fsp3) is 0. The van der Waals surface area contributed by atoms with Crippen LogP contribution in [0.15, 0.2) is 0 Å². The van der Waals surface area contributed by atoms with Gasteiger partial charge in [0, 0.05) is 0 Å². The van der Waals surface area contributed by atoms with Gasteiger partial charge in [0.2, 0.25) is 0 Å². The molecule has 72 heavy (non-hydrogen) atoms. The minimum absolute atomic E-state index is 0.250. The predicted octanol–water partition coefficient (Wildman–Crippen LogP) is 42.2. The second-order valence-electron chi connectivity index (χ2n) is 11.5. The van der Waals surface area contributed by atoms with Crippen LogP contribution in [0.2, 0.25) is 0 Å². The van der Waals surface area contributed by atoms with Crippen molar-refractivity contribution in [3.05, 3.63) is 0 Å². The number of rotatable bonds is 34. The van der Waals surface area contributed by atoms with Gasteiger partial charge < -0.3 is 0 Å². The van der Waals surface area contributed by atoms with Gasteiger partial charge >= 0.3 is 0 Å². The summed E-state index contributed by atoms with van der Waals surface area (Å²) >= 11 is 0. The molecular weight excluding hydrogens is 2230 g/mol. The van der Waals surface area contributed by atoms with E-state index in [1.165, 1.54) is 0 Å². The summed E-state index contributed by atoms with van der Waals surface area (Å²) in [5.74, 6) is 0. The third-order valence-corrected chi connectivity index (χ3v) is 513. The van der Waals surface area contributed by atoms with Crippen molar-refractivity contribution >= 4 is 575 Å². The molecule has 0 saturated heterocycles. The van der Waals surface area contributed by atoms with Gasteiger partial charge in [-0.3, -0.25) is 0 Å². The second-order valence-corrected chi connectivity index (χ2v) is 309. The molecule has 434 valence electrons. The van der Waals surface area contributed by atoms with Gasteiger partial charge in [0.1, 0.15) is 0 Å². The quantitative estimate of drug-likeness (QED) is 0.0564. The first-order chi connectivity index (χ1) is 32.7. The van der Waals surface area contributed by atoms with Gasteiger partial charge in [-0.15, -0.1) is 330 Å². The summed E-state index contributed by atoms with van der Waals surface area (Å²) in [5, 5.41) is 0. The van der Waals surface area contributed by atoms with E-state index < -0.39 is 0 Å². The zero-order valence-corrected chi connectivity index (χ0v) is 111. The SMILES string of the molecule is PP(P)P(P)P(P(P)P)P(P(P(P(P)P)P(P)P)P(P(P)P)P(P)P)P(P(P(P(P)P)P(P)P)P(P(P)P)P(P)P)P(P(P(P(P)P)P(P)P)P(P(P)P)P(P)P)P(P(P(P)P)P(P)P)P(P(P)P)P(P)P. The molecule has 41 unspecified atom stereocenters. The molecule has 0 amide bonds. The van der Waals surface area contributed by atoms with Crippen LogP contribution in [0, 0.1) is 0 Å². The van der Waals surface area contributed by atoms with Crippen molar-refractivity contribution in [3.63, 3.8) is 0 Å². The van der Waals surface area contributed by atoms with Crippen molar-refractivity contribution in [1.82, 2.24) is 0 Å². The van der Waals surface area contributed by atoms with Crippen LogP contribution in [0.5, 0.6) is 0 Å². The van der Waals surface area contributed by atoms with E-state index in [-0.39, 0.29) is 245 Å². The Morgan fingerprint density at radius 2 is 0.167 bits per heavy atom. The Hall–Kier alpha value is 31.0. The van der Waals surface area contributed by atoms with Gasteiger partial charge in [0.15, 0.2) is 0 Å². The van der Waals surface area contributed by atoms with Gasteiger partial charge in [-0.2, -0.15) is 0 Å². The average molecular weight is 2300 g/mol. The lowest BCUT2D eigenvalue weighted by Crippen LogP contribution is -1.74. The molecule has 0 aliphatic heterocycles. The minimum atomic E-state index is -0.389. The molecule has 0 aliphatic carbocycles. The van der Waals surface area contributed by atoms with E-state index >= 15 is 0 Å². The maximum Gasteiger partial charge on any atom is -0.00000745 e.